The van der Waals surface area contributed by atoms with Crippen molar-refractivity contribution >= 4 is 23.0 Å². The van der Waals surface area contributed by atoms with Crippen LogP contribution in [0.2, 0.25) is 0 Å². The van der Waals surface area contributed by atoms with Crippen LogP contribution in [0.15, 0.2) is 12.7 Å². The number of nitrogens with zero attached hydrogens (tertiary/aromatic N) is 4. The van der Waals surface area contributed by atoms with Crippen LogP contribution in [0.4, 0.5) is 5.82 Å². The zero-order valence-corrected chi connectivity index (χ0v) is 14.4. The second-order valence-corrected chi connectivity index (χ2v) is 6.63. The van der Waals surface area contributed by atoms with Gasteiger partial charge in [0.25, 0.3) is 0 Å². The van der Waals surface area contributed by atoms with E-state index < -0.39 is 42.6 Å². The molecule has 0 aliphatic carbocycles. The van der Waals surface area contributed by atoms with Crippen LogP contribution in [0.5, 0.6) is 0 Å². The second kappa shape index (κ2) is 7.70. The Bertz CT molecular complexity index is 815. The van der Waals surface area contributed by atoms with Crippen molar-refractivity contribution in [2.45, 2.75) is 55.9 Å². The zero-order valence-electron chi connectivity index (χ0n) is 14.4. The molecule has 0 radical (unpaired) electrons. The summed E-state index contributed by atoms with van der Waals surface area (Å²) < 4.78 is 7.26. The Morgan fingerprint density at radius 1 is 1.26 bits per heavy atom. The van der Waals surface area contributed by atoms with E-state index in [2.05, 4.69) is 15.0 Å². The molecule has 2 aromatic rings. The van der Waals surface area contributed by atoms with E-state index in [-0.39, 0.29) is 18.7 Å². The number of aromatic nitrogens is 4. The standard InChI is InChI=1S/C15H23N7O5/c16-6(1-2-7(17)15(25)26)3-8-10(23)11(24)14(27-8)22-5-21-9-12(18)19-4-20-13(9)22/h4-8,10-11,14,23-24H,1-3,16-17H2,(H,25,26)(H2,18,19,20)/p-1. The SMILES string of the molecule is Nc1ncnc2c1ncn2C1OC(CC(N)CCC(N)C(=O)[O-])C(O)C1O. The van der Waals surface area contributed by atoms with Gasteiger partial charge in [0.15, 0.2) is 17.7 Å². The molecule has 6 unspecified atom stereocenters. The summed E-state index contributed by atoms with van der Waals surface area (Å²) in [6.07, 6.45) is -0.787. The highest BCUT2D eigenvalue weighted by Gasteiger charge is 2.44. The third-order valence-electron chi connectivity index (χ3n) is 4.68. The molecule has 1 fully saturated rings. The van der Waals surface area contributed by atoms with Gasteiger partial charge in [-0.05, 0) is 19.3 Å². The molecule has 0 saturated carbocycles. The summed E-state index contributed by atoms with van der Waals surface area (Å²) in [5.41, 5.74) is 17.9. The number of fused-ring (bicyclic) bond motifs is 1. The highest BCUT2D eigenvalue weighted by Crippen LogP contribution is 2.33. The first kappa shape index (κ1) is 19.4. The van der Waals surface area contributed by atoms with Gasteiger partial charge >= 0.3 is 0 Å². The van der Waals surface area contributed by atoms with Gasteiger partial charge in [-0.1, -0.05) is 0 Å². The minimum Gasteiger partial charge on any atom is -0.548 e. The number of nitrogens with two attached hydrogens (primary N) is 3. The predicted molar refractivity (Wildman–Crippen MR) is 90.5 cm³/mol. The molecule has 1 aliphatic heterocycles. The summed E-state index contributed by atoms with van der Waals surface area (Å²) in [4.78, 5) is 22.7. The van der Waals surface area contributed by atoms with E-state index in [1.165, 1.54) is 17.2 Å². The molecular formula is C15H22N7O5-. The minimum atomic E-state index is -1.34. The van der Waals surface area contributed by atoms with E-state index >= 15 is 0 Å². The monoisotopic (exact) mass is 380 g/mol. The average molecular weight is 380 g/mol. The molecule has 0 amide bonds. The lowest BCUT2D eigenvalue weighted by atomic mass is 9.98. The maximum atomic E-state index is 10.7. The third-order valence-corrected chi connectivity index (χ3v) is 4.68. The highest BCUT2D eigenvalue weighted by molar-refractivity contribution is 5.81. The second-order valence-electron chi connectivity index (χ2n) is 6.63. The van der Waals surface area contributed by atoms with Gasteiger partial charge in [0.05, 0.1) is 18.4 Å². The number of hydrogen-bond donors (Lipinski definition) is 5. The lowest BCUT2D eigenvalue weighted by Crippen LogP contribution is -2.43. The molecule has 0 bridgehead atoms. The lowest BCUT2D eigenvalue weighted by molar-refractivity contribution is -0.307. The van der Waals surface area contributed by atoms with Crippen LogP contribution in [-0.4, -0.2) is 66.1 Å². The van der Waals surface area contributed by atoms with E-state index in [9.17, 15) is 20.1 Å². The van der Waals surface area contributed by atoms with Gasteiger partial charge in [-0.2, -0.15) is 0 Å². The molecule has 0 aromatic carbocycles. The van der Waals surface area contributed by atoms with Crippen LogP contribution in [-0.2, 0) is 9.53 Å². The first-order valence-electron chi connectivity index (χ1n) is 8.46. The van der Waals surface area contributed by atoms with Gasteiger partial charge in [-0.25, -0.2) is 15.0 Å². The summed E-state index contributed by atoms with van der Waals surface area (Å²) in [6, 6.07) is -1.58. The van der Waals surface area contributed by atoms with Crippen molar-refractivity contribution in [2.24, 2.45) is 11.5 Å². The number of aliphatic carboxylic acids is 1. The maximum absolute atomic E-state index is 10.7. The maximum Gasteiger partial charge on any atom is 0.167 e. The molecule has 1 saturated heterocycles. The van der Waals surface area contributed by atoms with Crippen LogP contribution < -0.4 is 22.3 Å². The molecule has 12 heteroatoms. The molecule has 12 nitrogen and oxygen atoms in total. The number of aliphatic hydroxyl groups is 2. The van der Waals surface area contributed by atoms with Crippen LogP contribution in [0.1, 0.15) is 25.5 Å². The number of anilines is 1. The molecule has 1 aliphatic rings. The Balaban J connectivity index is 1.68. The molecule has 148 valence electrons. The van der Waals surface area contributed by atoms with E-state index in [0.717, 1.165) is 0 Å². The van der Waals surface area contributed by atoms with Crippen molar-refractivity contribution in [1.82, 2.24) is 19.5 Å². The number of aliphatic hydroxyl groups excluding tert-OH is 2. The fourth-order valence-corrected chi connectivity index (χ4v) is 3.14. The molecule has 27 heavy (non-hydrogen) atoms. The van der Waals surface area contributed by atoms with Crippen molar-refractivity contribution in [3.8, 4) is 0 Å². The van der Waals surface area contributed by atoms with Gasteiger partial charge in [0.1, 0.15) is 24.1 Å². The summed E-state index contributed by atoms with van der Waals surface area (Å²) >= 11 is 0. The smallest absolute Gasteiger partial charge is 0.167 e. The summed E-state index contributed by atoms with van der Waals surface area (Å²) in [5, 5.41) is 31.4. The molecular weight excluding hydrogens is 358 g/mol. The number of ether oxygens (including phenoxy) is 1. The number of hydrogen-bond acceptors (Lipinski definition) is 11. The van der Waals surface area contributed by atoms with E-state index in [1.807, 2.05) is 0 Å². The van der Waals surface area contributed by atoms with Gasteiger partial charge in [0.2, 0.25) is 0 Å². The van der Waals surface area contributed by atoms with Crippen molar-refractivity contribution in [2.75, 3.05) is 5.73 Å². The van der Waals surface area contributed by atoms with Crippen molar-refractivity contribution < 1.29 is 24.9 Å². The van der Waals surface area contributed by atoms with Crippen molar-refractivity contribution in [3.05, 3.63) is 12.7 Å². The van der Waals surface area contributed by atoms with Gasteiger partial charge in [-0.3, -0.25) is 4.57 Å². The van der Waals surface area contributed by atoms with Crippen LogP contribution in [0.3, 0.4) is 0 Å². The number of carboxylic acids is 1. The molecule has 3 rings (SSSR count). The van der Waals surface area contributed by atoms with Gasteiger partial charge in [0, 0.05) is 12.1 Å². The quantitative estimate of drug-likeness (QED) is 0.319. The number of imidazole rings is 1. The Kier molecular flexibility index (Phi) is 5.53. The highest BCUT2D eigenvalue weighted by atomic mass is 16.6. The first-order valence-corrected chi connectivity index (χ1v) is 8.46. The molecule has 3 heterocycles. The normalized spacial score (nSPS) is 27.7. The van der Waals surface area contributed by atoms with Gasteiger partial charge in [-0.15, -0.1) is 0 Å². The number of rotatable bonds is 7. The third kappa shape index (κ3) is 3.84. The Hall–Kier alpha value is -2.38. The van der Waals surface area contributed by atoms with E-state index in [1.54, 1.807) is 0 Å². The number of carbonyl (C=O) groups is 1. The lowest BCUT2D eigenvalue weighted by Gasteiger charge is -2.21. The largest absolute Gasteiger partial charge is 0.548 e. The summed E-state index contributed by atoms with van der Waals surface area (Å²) in [7, 11) is 0. The molecule has 6 atom stereocenters. The summed E-state index contributed by atoms with van der Waals surface area (Å²) in [5.74, 6) is -1.15. The number of carbonyl (C=O) groups excluding carboxylic acids is 1. The number of nitrogen functional groups attached to an aromatic ring is 1. The molecule has 8 N–H and O–H groups in total. The fourth-order valence-electron chi connectivity index (χ4n) is 3.14. The van der Waals surface area contributed by atoms with Crippen LogP contribution >= 0.6 is 0 Å². The van der Waals surface area contributed by atoms with Crippen LogP contribution in [0.25, 0.3) is 11.2 Å². The average Bonchev–Trinajstić information content (AvgIpc) is 3.17. The summed E-state index contributed by atoms with van der Waals surface area (Å²) in [6.45, 7) is 0. The van der Waals surface area contributed by atoms with Crippen LogP contribution in [0, 0.1) is 0 Å². The topological polar surface area (TPSA) is 211 Å². The van der Waals surface area contributed by atoms with Crippen molar-refractivity contribution in [3.63, 3.8) is 0 Å². The Morgan fingerprint density at radius 3 is 2.70 bits per heavy atom. The van der Waals surface area contributed by atoms with Gasteiger partial charge < -0.3 is 42.1 Å². The van der Waals surface area contributed by atoms with E-state index in [4.69, 9.17) is 21.9 Å². The first-order chi connectivity index (χ1) is 12.8. The molecule has 0 spiro atoms. The number of carboxylic acid groups (broad SMARTS) is 1. The Morgan fingerprint density at radius 2 is 2.00 bits per heavy atom. The van der Waals surface area contributed by atoms with E-state index in [0.29, 0.717) is 17.6 Å². The predicted octanol–water partition coefficient (Wildman–Crippen LogP) is -3.40. The minimum absolute atomic E-state index is 0.140. The van der Waals surface area contributed by atoms with Crippen molar-refractivity contribution in [1.29, 1.82) is 0 Å². The Labute approximate surface area is 154 Å². The molecule has 2 aromatic heterocycles. The zero-order chi connectivity index (χ0) is 19.7. The fraction of sp³-hybridized carbons (Fsp3) is 0.600.